The van der Waals surface area contributed by atoms with Crippen molar-refractivity contribution in [3.8, 4) is 0 Å². The van der Waals surface area contributed by atoms with Crippen molar-refractivity contribution in [2.24, 2.45) is 0 Å². The van der Waals surface area contributed by atoms with E-state index in [2.05, 4.69) is 0 Å². The third kappa shape index (κ3) is 30.8. The zero-order chi connectivity index (χ0) is 20.4. The van der Waals surface area contributed by atoms with Gasteiger partial charge in [0.05, 0.1) is 24.7 Å². The highest BCUT2D eigenvalue weighted by atomic mass is 16.5. The Morgan fingerprint density at radius 1 is 0.880 bits per heavy atom. The predicted molar refractivity (Wildman–Crippen MR) is 93.6 cm³/mol. The highest BCUT2D eigenvalue weighted by Crippen LogP contribution is 2.00. The van der Waals surface area contributed by atoms with Crippen LogP contribution >= 0.6 is 0 Å². The lowest BCUT2D eigenvalue weighted by Gasteiger charge is -2.10. The predicted octanol–water partition coefficient (Wildman–Crippen LogP) is 1.98. The van der Waals surface area contributed by atoms with E-state index >= 15 is 0 Å². The minimum Gasteiger partial charge on any atom is -0.550 e. The van der Waals surface area contributed by atoms with E-state index < -0.39 is 11.9 Å². The Hall–Kier alpha value is -1.63. The monoisotopic (exact) mass is 363 g/mol. The topological polar surface area (TPSA) is 113 Å². The van der Waals surface area contributed by atoms with Gasteiger partial charge in [0.2, 0.25) is 0 Å². The van der Waals surface area contributed by atoms with Crippen LogP contribution in [0.25, 0.3) is 0 Å². The van der Waals surface area contributed by atoms with Gasteiger partial charge < -0.3 is 24.5 Å². The molecule has 1 N–H and O–H groups in total. The Labute approximate surface area is 151 Å². The molecule has 0 heterocycles. The number of carbonyl (C=O) groups is 3. The van der Waals surface area contributed by atoms with Crippen LogP contribution in [0.15, 0.2) is 0 Å². The molecule has 7 nitrogen and oxygen atoms in total. The van der Waals surface area contributed by atoms with Crippen LogP contribution < -0.4 is 5.11 Å². The fourth-order valence-corrected chi connectivity index (χ4v) is 0.937. The van der Waals surface area contributed by atoms with Crippen LogP contribution in [-0.2, 0) is 23.9 Å². The van der Waals surface area contributed by atoms with Crippen molar-refractivity contribution in [1.29, 1.82) is 0 Å². The molecule has 7 heteroatoms. The minimum absolute atomic E-state index is 0.0764. The summed E-state index contributed by atoms with van der Waals surface area (Å²) in [7, 11) is 0. The Morgan fingerprint density at radius 3 is 1.52 bits per heavy atom. The summed E-state index contributed by atoms with van der Waals surface area (Å²) in [4.78, 5) is 30.9. The molecule has 25 heavy (non-hydrogen) atoms. The number of carbonyl (C=O) groups excluding carboxylic acids is 3. The molecule has 3 atom stereocenters. The maximum Gasteiger partial charge on any atom is 0.306 e. The number of hydrogen-bond donors (Lipinski definition) is 1. The van der Waals surface area contributed by atoms with Gasteiger partial charge in [-0.25, -0.2) is 0 Å². The molecule has 0 aliphatic heterocycles. The van der Waals surface area contributed by atoms with Gasteiger partial charge in [-0.05, 0) is 46.5 Å². The lowest BCUT2D eigenvalue weighted by atomic mass is 10.3. The molecule has 0 aromatic heterocycles. The minimum atomic E-state index is -1.23. The second-order valence-corrected chi connectivity index (χ2v) is 5.67. The molecule has 0 saturated heterocycles. The molecule has 0 aromatic carbocycles. The van der Waals surface area contributed by atoms with E-state index in [0.717, 1.165) is 19.3 Å². The molecular weight excluding hydrogens is 328 g/mol. The van der Waals surface area contributed by atoms with Crippen molar-refractivity contribution in [2.75, 3.05) is 0 Å². The van der Waals surface area contributed by atoms with E-state index in [1.165, 1.54) is 6.92 Å². The molecule has 0 radical (unpaired) electrons. The summed E-state index contributed by atoms with van der Waals surface area (Å²) in [6.07, 6.45) is 1.93. The second-order valence-electron chi connectivity index (χ2n) is 5.67. The van der Waals surface area contributed by atoms with Crippen molar-refractivity contribution in [3.05, 3.63) is 0 Å². The Bertz CT molecular complexity index is 353. The molecule has 0 aliphatic carbocycles. The SMILES string of the molecule is CCC(C)O.CCC(C)OC(=O)CCC(=O)[O-].CCC(C)OC(C)=O. The molecule has 0 spiro atoms. The van der Waals surface area contributed by atoms with Gasteiger partial charge in [0.15, 0.2) is 0 Å². The number of rotatable bonds is 8. The van der Waals surface area contributed by atoms with Crippen LogP contribution in [0.5, 0.6) is 0 Å². The lowest BCUT2D eigenvalue weighted by molar-refractivity contribution is -0.305. The smallest absolute Gasteiger partial charge is 0.306 e. The molecule has 0 bridgehead atoms. The number of aliphatic hydroxyl groups excluding tert-OH is 1. The molecule has 3 unspecified atom stereocenters. The summed E-state index contributed by atoms with van der Waals surface area (Å²) in [6.45, 7) is 12.7. The molecule has 0 amide bonds. The first kappa shape index (κ1) is 28.2. The maximum absolute atomic E-state index is 10.8. The quantitative estimate of drug-likeness (QED) is 0.656. The normalized spacial score (nSPS) is 13.0. The van der Waals surface area contributed by atoms with Gasteiger partial charge in [-0.1, -0.05) is 20.8 Å². The summed E-state index contributed by atoms with van der Waals surface area (Å²) in [6, 6.07) is 0. The third-order valence-corrected chi connectivity index (χ3v) is 2.97. The molecule has 0 fully saturated rings. The van der Waals surface area contributed by atoms with Crippen molar-refractivity contribution in [1.82, 2.24) is 0 Å². The van der Waals surface area contributed by atoms with Gasteiger partial charge in [0.1, 0.15) is 0 Å². The number of aliphatic carboxylic acids is 1. The van der Waals surface area contributed by atoms with Gasteiger partial charge in [-0.2, -0.15) is 0 Å². The molecule has 0 rings (SSSR count). The number of ether oxygens (including phenoxy) is 2. The summed E-state index contributed by atoms with van der Waals surface area (Å²) in [5.74, 6) is -1.90. The van der Waals surface area contributed by atoms with E-state index in [4.69, 9.17) is 14.6 Å². The van der Waals surface area contributed by atoms with Crippen LogP contribution in [0.2, 0.25) is 0 Å². The number of carboxylic acids is 1. The average molecular weight is 363 g/mol. The van der Waals surface area contributed by atoms with Crippen molar-refractivity contribution >= 4 is 17.9 Å². The van der Waals surface area contributed by atoms with E-state index in [9.17, 15) is 19.5 Å². The highest BCUT2D eigenvalue weighted by molar-refractivity contribution is 5.75. The lowest BCUT2D eigenvalue weighted by Crippen LogP contribution is -2.24. The van der Waals surface area contributed by atoms with Crippen molar-refractivity contribution < 1.29 is 34.1 Å². The van der Waals surface area contributed by atoms with Crippen LogP contribution in [0.4, 0.5) is 0 Å². The van der Waals surface area contributed by atoms with Crippen molar-refractivity contribution in [2.45, 2.75) is 98.9 Å². The largest absolute Gasteiger partial charge is 0.550 e. The molecule has 150 valence electrons. The Kier molecular flexibility index (Phi) is 21.1. The first-order valence-electron chi connectivity index (χ1n) is 8.74. The third-order valence-electron chi connectivity index (χ3n) is 2.97. The van der Waals surface area contributed by atoms with Crippen LogP contribution in [-0.4, -0.2) is 41.3 Å². The molecule has 0 saturated carbocycles. The fraction of sp³-hybridized carbons (Fsp3) is 0.833. The molecule has 0 aliphatic rings. The van der Waals surface area contributed by atoms with Crippen LogP contribution in [0.1, 0.15) is 80.6 Å². The first-order valence-corrected chi connectivity index (χ1v) is 8.74. The number of aliphatic hydroxyl groups is 1. The number of carboxylic acid groups (broad SMARTS) is 1. The molecule has 0 aromatic rings. The summed E-state index contributed by atoms with van der Waals surface area (Å²) >= 11 is 0. The van der Waals surface area contributed by atoms with E-state index in [-0.39, 0.29) is 37.1 Å². The van der Waals surface area contributed by atoms with Gasteiger partial charge in [-0.3, -0.25) is 9.59 Å². The van der Waals surface area contributed by atoms with Crippen molar-refractivity contribution in [3.63, 3.8) is 0 Å². The van der Waals surface area contributed by atoms with Crippen LogP contribution in [0.3, 0.4) is 0 Å². The Balaban J connectivity index is -0.000000321. The van der Waals surface area contributed by atoms with Gasteiger partial charge in [0, 0.05) is 12.9 Å². The van der Waals surface area contributed by atoms with Crippen LogP contribution in [0, 0.1) is 0 Å². The fourth-order valence-electron chi connectivity index (χ4n) is 0.937. The summed E-state index contributed by atoms with van der Waals surface area (Å²) < 4.78 is 9.58. The van der Waals surface area contributed by atoms with Gasteiger partial charge >= 0.3 is 11.9 Å². The average Bonchev–Trinajstić information content (AvgIpc) is 2.53. The van der Waals surface area contributed by atoms with E-state index in [0.29, 0.717) is 0 Å². The van der Waals surface area contributed by atoms with E-state index in [1.54, 1.807) is 13.8 Å². The molecular formula is C18H35O7-. The second kappa shape index (κ2) is 18.7. The maximum atomic E-state index is 10.8. The van der Waals surface area contributed by atoms with E-state index in [1.807, 2.05) is 27.7 Å². The zero-order valence-electron chi connectivity index (χ0n) is 16.7. The van der Waals surface area contributed by atoms with Gasteiger partial charge in [-0.15, -0.1) is 0 Å². The zero-order valence-corrected chi connectivity index (χ0v) is 16.7. The Morgan fingerprint density at radius 2 is 1.28 bits per heavy atom. The first-order chi connectivity index (χ1) is 11.5. The number of hydrogen-bond acceptors (Lipinski definition) is 7. The van der Waals surface area contributed by atoms with Gasteiger partial charge in [0.25, 0.3) is 0 Å². The summed E-state index contributed by atoms with van der Waals surface area (Å²) in [5, 5.41) is 18.3. The summed E-state index contributed by atoms with van der Waals surface area (Å²) in [5.41, 5.74) is 0. The number of esters is 2. The highest BCUT2D eigenvalue weighted by Gasteiger charge is 2.06. The standard InChI is InChI=1S/C8H14O4.C6H12O2.C4H10O/c1-3-6(2)12-8(11)5-4-7(9)10;1-4-5(2)8-6(3)7;1-3-4(2)5/h6H,3-5H2,1-2H3,(H,9,10);5H,4H2,1-3H3;4-5H,3H2,1-2H3/p-1.